The molecule has 210 valence electrons. The van der Waals surface area contributed by atoms with Crippen molar-refractivity contribution in [1.82, 2.24) is 10.2 Å². The maximum Gasteiger partial charge on any atom is 0.301 e. The van der Waals surface area contributed by atoms with Crippen LogP contribution in [-0.4, -0.2) is 40.7 Å². The number of rotatable bonds is 9. The number of aliphatic hydroxyl groups excluding tert-OH is 1. The molecule has 8 nitrogen and oxygen atoms in total. The van der Waals surface area contributed by atoms with Gasteiger partial charge in [0.15, 0.2) is 15.8 Å². The predicted molar refractivity (Wildman–Crippen MR) is 156 cm³/mol. The van der Waals surface area contributed by atoms with Gasteiger partial charge in [-0.25, -0.2) is 4.39 Å². The highest BCUT2D eigenvalue weighted by Gasteiger charge is 2.48. The van der Waals surface area contributed by atoms with Gasteiger partial charge in [-0.05, 0) is 66.6 Å². The third kappa shape index (κ3) is 5.92. The molecule has 41 heavy (non-hydrogen) atoms. The molecule has 3 aromatic carbocycles. The Balaban J connectivity index is 1.57. The molecular weight excluding hydrogens is 589 g/mol. The summed E-state index contributed by atoms with van der Waals surface area (Å²) in [6.07, 6.45) is 0. The minimum absolute atomic E-state index is 0.168. The molecule has 0 aliphatic carbocycles. The number of hydrogen-bond acceptors (Lipinski definition) is 9. The number of ketones is 1. The molecule has 1 atom stereocenters. The minimum Gasteiger partial charge on any atom is -0.507 e. The SMILES string of the molecule is CCOc1ccc(C2/C(=C(/O)c3ccc(F)cc3)C(=O)C(=O)N2c2nnc(SCc3ccc(Cl)cc3)s2)cc1OC. The first-order valence-electron chi connectivity index (χ1n) is 12.4. The number of benzene rings is 3. The van der Waals surface area contributed by atoms with Gasteiger partial charge < -0.3 is 14.6 Å². The zero-order valence-electron chi connectivity index (χ0n) is 21.8. The van der Waals surface area contributed by atoms with E-state index in [0.29, 0.717) is 38.8 Å². The number of aliphatic hydroxyl groups is 1. The third-order valence-electron chi connectivity index (χ3n) is 6.24. The number of amides is 1. The summed E-state index contributed by atoms with van der Waals surface area (Å²) in [7, 11) is 1.48. The fourth-order valence-electron chi connectivity index (χ4n) is 4.32. The number of methoxy groups -OCH3 is 1. The van der Waals surface area contributed by atoms with E-state index >= 15 is 0 Å². The van der Waals surface area contributed by atoms with Crippen LogP contribution < -0.4 is 14.4 Å². The second kappa shape index (κ2) is 12.3. The van der Waals surface area contributed by atoms with E-state index in [1.165, 1.54) is 35.9 Å². The van der Waals surface area contributed by atoms with Gasteiger partial charge in [0.1, 0.15) is 11.6 Å². The number of aromatic nitrogens is 2. The van der Waals surface area contributed by atoms with Crippen LogP contribution in [0.5, 0.6) is 11.5 Å². The Kier molecular flexibility index (Phi) is 8.57. The summed E-state index contributed by atoms with van der Waals surface area (Å²) >= 11 is 8.54. The molecule has 1 aliphatic heterocycles. The van der Waals surface area contributed by atoms with Crippen LogP contribution in [0.2, 0.25) is 5.02 Å². The number of carbonyl (C=O) groups excluding carboxylic acids is 2. The molecule has 0 saturated carbocycles. The number of nitrogens with zero attached hydrogens (tertiary/aromatic N) is 3. The van der Waals surface area contributed by atoms with Gasteiger partial charge in [-0.2, -0.15) is 0 Å². The first kappa shape index (κ1) is 28.6. The topological polar surface area (TPSA) is 102 Å². The van der Waals surface area contributed by atoms with E-state index in [2.05, 4.69) is 10.2 Å². The Hall–Kier alpha value is -3.93. The van der Waals surface area contributed by atoms with Crippen LogP contribution in [-0.2, 0) is 15.3 Å². The first-order chi connectivity index (χ1) is 19.8. The summed E-state index contributed by atoms with van der Waals surface area (Å²) < 4.78 is 25.3. The number of hydrogen-bond donors (Lipinski definition) is 1. The molecule has 5 rings (SSSR count). The van der Waals surface area contributed by atoms with Gasteiger partial charge in [-0.3, -0.25) is 14.5 Å². The van der Waals surface area contributed by atoms with E-state index in [4.69, 9.17) is 21.1 Å². The van der Waals surface area contributed by atoms with Gasteiger partial charge in [-0.1, -0.05) is 52.9 Å². The van der Waals surface area contributed by atoms with Crippen LogP contribution in [0.1, 0.15) is 29.7 Å². The van der Waals surface area contributed by atoms with Crippen LogP contribution in [0.4, 0.5) is 9.52 Å². The molecule has 2 heterocycles. The molecule has 1 aromatic heterocycles. The van der Waals surface area contributed by atoms with Gasteiger partial charge in [0, 0.05) is 16.3 Å². The lowest BCUT2D eigenvalue weighted by molar-refractivity contribution is -0.132. The van der Waals surface area contributed by atoms with Crippen molar-refractivity contribution in [2.45, 2.75) is 23.1 Å². The number of ether oxygens (including phenoxy) is 2. The zero-order valence-corrected chi connectivity index (χ0v) is 24.2. The summed E-state index contributed by atoms with van der Waals surface area (Å²) in [4.78, 5) is 28.1. The molecule has 4 aromatic rings. The van der Waals surface area contributed by atoms with Crippen LogP contribution >= 0.6 is 34.7 Å². The zero-order chi connectivity index (χ0) is 29.1. The van der Waals surface area contributed by atoms with Crippen LogP contribution in [0.15, 0.2) is 76.6 Å². The van der Waals surface area contributed by atoms with Crippen molar-refractivity contribution in [1.29, 1.82) is 0 Å². The van der Waals surface area contributed by atoms with Gasteiger partial charge in [0.05, 0.1) is 25.3 Å². The fourth-order valence-corrected chi connectivity index (χ4v) is 6.27. The minimum atomic E-state index is -1.06. The highest BCUT2D eigenvalue weighted by atomic mass is 35.5. The Morgan fingerprint density at radius 1 is 1.07 bits per heavy atom. The van der Waals surface area contributed by atoms with Crippen molar-refractivity contribution in [2.75, 3.05) is 18.6 Å². The van der Waals surface area contributed by atoms with Crippen LogP contribution in [0.25, 0.3) is 5.76 Å². The first-order valence-corrected chi connectivity index (χ1v) is 14.6. The molecule has 0 bridgehead atoms. The second-order valence-electron chi connectivity index (χ2n) is 8.78. The van der Waals surface area contributed by atoms with E-state index in [1.807, 2.05) is 19.1 Å². The van der Waals surface area contributed by atoms with Crippen LogP contribution in [0, 0.1) is 5.82 Å². The summed E-state index contributed by atoms with van der Waals surface area (Å²) in [6, 6.07) is 16.3. The average Bonchev–Trinajstić information content (AvgIpc) is 3.55. The van der Waals surface area contributed by atoms with Crippen molar-refractivity contribution in [3.05, 3.63) is 99.8 Å². The standard InChI is InChI=1S/C29H23ClFN3O5S2/c1-3-39-21-13-8-18(14-22(21)38-2)24-23(25(35)17-6-11-20(31)12-7-17)26(36)27(37)34(24)28-32-33-29(41-28)40-15-16-4-9-19(30)10-5-16/h4-14,24,35H,3,15H2,1-2H3/b25-23-. The highest BCUT2D eigenvalue weighted by Crippen LogP contribution is 2.45. The highest BCUT2D eigenvalue weighted by molar-refractivity contribution is 8.00. The molecule has 0 radical (unpaired) electrons. The Morgan fingerprint density at radius 2 is 1.80 bits per heavy atom. The Morgan fingerprint density at radius 3 is 2.49 bits per heavy atom. The van der Waals surface area contributed by atoms with Crippen molar-refractivity contribution in [3.8, 4) is 11.5 Å². The molecule has 0 spiro atoms. The molecule has 1 fully saturated rings. The quantitative estimate of drug-likeness (QED) is 0.0737. The lowest BCUT2D eigenvalue weighted by Gasteiger charge is -2.23. The number of halogens is 2. The van der Waals surface area contributed by atoms with E-state index < -0.39 is 29.3 Å². The predicted octanol–water partition coefficient (Wildman–Crippen LogP) is 6.66. The smallest absolute Gasteiger partial charge is 0.301 e. The molecule has 12 heteroatoms. The summed E-state index contributed by atoms with van der Waals surface area (Å²) in [5.41, 5.74) is 1.51. The molecule has 1 unspecified atom stereocenters. The fraction of sp³-hybridized carbons (Fsp3) is 0.172. The van der Waals surface area contributed by atoms with Crippen molar-refractivity contribution in [2.24, 2.45) is 0 Å². The number of anilines is 1. The van der Waals surface area contributed by atoms with Crippen LogP contribution in [0.3, 0.4) is 0 Å². The number of carbonyl (C=O) groups is 2. The van der Waals surface area contributed by atoms with E-state index in [-0.39, 0.29) is 16.3 Å². The molecule has 1 aliphatic rings. The average molecular weight is 612 g/mol. The van der Waals surface area contributed by atoms with Gasteiger partial charge in [-0.15, -0.1) is 10.2 Å². The normalized spacial score (nSPS) is 16.3. The van der Waals surface area contributed by atoms with Crippen molar-refractivity contribution < 1.29 is 28.6 Å². The Bertz CT molecular complexity index is 1630. The summed E-state index contributed by atoms with van der Waals surface area (Å²) in [6.45, 7) is 2.24. The molecular formula is C29H23ClFN3O5S2. The van der Waals surface area contributed by atoms with Crippen molar-refractivity contribution in [3.63, 3.8) is 0 Å². The Labute approximate surface area is 248 Å². The lowest BCUT2D eigenvalue weighted by Crippen LogP contribution is -2.29. The lowest BCUT2D eigenvalue weighted by atomic mass is 9.95. The second-order valence-corrected chi connectivity index (χ2v) is 11.4. The maximum atomic E-state index is 13.6. The number of thioether (sulfide) groups is 1. The van der Waals surface area contributed by atoms with Crippen molar-refractivity contribution >= 4 is 57.3 Å². The number of Topliss-reactive ketones (excluding diaryl/α,β-unsaturated/α-hetero) is 1. The van der Waals surface area contributed by atoms with E-state index in [0.717, 1.165) is 29.0 Å². The van der Waals surface area contributed by atoms with E-state index in [1.54, 1.807) is 30.3 Å². The largest absolute Gasteiger partial charge is 0.507 e. The third-order valence-corrected chi connectivity index (χ3v) is 8.62. The van der Waals surface area contributed by atoms with Gasteiger partial charge >= 0.3 is 5.91 Å². The molecule has 1 N–H and O–H groups in total. The van der Waals surface area contributed by atoms with Gasteiger partial charge in [0.25, 0.3) is 5.78 Å². The van der Waals surface area contributed by atoms with E-state index in [9.17, 15) is 19.1 Å². The molecule has 1 amide bonds. The summed E-state index contributed by atoms with van der Waals surface area (Å²) in [5, 5.41) is 20.5. The monoisotopic (exact) mass is 611 g/mol. The molecule has 1 saturated heterocycles. The summed E-state index contributed by atoms with van der Waals surface area (Å²) in [5.74, 6) is -1.28. The van der Waals surface area contributed by atoms with Gasteiger partial charge in [0.2, 0.25) is 5.13 Å². The maximum absolute atomic E-state index is 13.6.